The maximum absolute atomic E-state index is 5.30. The third-order valence-electron chi connectivity index (χ3n) is 9.74. The van der Waals surface area contributed by atoms with Crippen molar-refractivity contribution in [1.29, 1.82) is 0 Å². The average Bonchev–Trinajstić information content (AvgIpc) is 3.66. The summed E-state index contributed by atoms with van der Waals surface area (Å²) >= 11 is 1.75. The minimum atomic E-state index is 0.595. The monoisotopic (exact) mass is 721 g/mol. The minimum Gasteiger partial charge on any atom is -0.228 e. The molecule has 5 nitrogen and oxygen atoms in total. The Balaban J connectivity index is 1.22. The summed E-state index contributed by atoms with van der Waals surface area (Å²) in [6.45, 7) is 0. The number of nitrogens with zero attached hydrogens (tertiary/aromatic N) is 5. The van der Waals surface area contributed by atoms with Crippen LogP contribution in [0.1, 0.15) is 0 Å². The minimum absolute atomic E-state index is 0.595. The first kappa shape index (κ1) is 32.5. The van der Waals surface area contributed by atoms with Crippen LogP contribution in [0.25, 0.3) is 99.4 Å². The van der Waals surface area contributed by atoms with Gasteiger partial charge in [0.05, 0.1) is 11.4 Å². The molecule has 10 rings (SSSR count). The van der Waals surface area contributed by atoms with Gasteiger partial charge in [0.15, 0.2) is 23.3 Å². The molecule has 0 aliphatic carbocycles. The molecule has 0 bridgehead atoms. The molecule has 6 heteroatoms. The molecule has 3 aromatic heterocycles. The number of benzene rings is 7. The quantitative estimate of drug-likeness (QED) is 0.164. The van der Waals surface area contributed by atoms with E-state index >= 15 is 0 Å². The molecule has 0 unspecified atom stereocenters. The molecule has 0 aliphatic rings. The van der Waals surface area contributed by atoms with Crippen LogP contribution in [0.2, 0.25) is 0 Å². The van der Waals surface area contributed by atoms with E-state index in [0.717, 1.165) is 71.4 Å². The second kappa shape index (κ2) is 14.0. The molecule has 7 aromatic carbocycles. The van der Waals surface area contributed by atoms with Gasteiger partial charge < -0.3 is 0 Å². The van der Waals surface area contributed by atoms with Gasteiger partial charge in [-0.15, -0.1) is 11.3 Å². The summed E-state index contributed by atoms with van der Waals surface area (Å²) in [6.07, 6.45) is 0. The Hall–Kier alpha value is -7.15. The summed E-state index contributed by atoms with van der Waals surface area (Å²) in [6, 6.07) is 64.5. The van der Waals surface area contributed by atoms with Crippen molar-refractivity contribution in [2.75, 3.05) is 0 Å². The van der Waals surface area contributed by atoms with Crippen LogP contribution in [0.15, 0.2) is 188 Å². The van der Waals surface area contributed by atoms with Crippen LogP contribution in [-0.2, 0) is 0 Å². The molecular weight excluding hydrogens is 691 g/mol. The van der Waals surface area contributed by atoms with Gasteiger partial charge in [-0.05, 0) is 41.5 Å². The summed E-state index contributed by atoms with van der Waals surface area (Å²) in [5, 5.41) is 2.26. The fourth-order valence-corrected chi connectivity index (χ4v) is 8.23. The number of thiophene rings is 1. The topological polar surface area (TPSA) is 64.5 Å². The Bertz CT molecular complexity index is 2910. The fourth-order valence-electron chi connectivity index (χ4n) is 7.06. The Morgan fingerprint density at radius 3 is 1.44 bits per heavy atom. The van der Waals surface area contributed by atoms with Crippen molar-refractivity contribution in [3.05, 3.63) is 188 Å². The number of hydrogen-bond acceptors (Lipinski definition) is 6. The maximum Gasteiger partial charge on any atom is 0.164 e. The SMILES string of the molecule is c1ccc(-c2cccc(-c3cc(-c4ccccc4)nc(-c4cc(-c5nc(-c6ccccc6)nc(-c6ccccc6)n5)c5c(c4)sc4ccccc45)n3)c2)cc1. The van der Waals surface area contributed by atoms with Gasteiger partial charge in [-0.1, -0.05) is 158 Å². The smallest absolute Gasteiger partial charge is 0.164 e. The molecule has 10 aromatic rings. The van der Waals surface area contributed by atoms with Gasteiger partial charge in [0.25, 0.3) is 0 Å². The van der Waals surface area contributed by atoms with Crippen molar-refractivity contribution in [2.24, 2.45) is 0 Å². The van der Waals surface area contributed by atoms with Gasteiger partial charge in [0.2, 0.25) is 0 Å². The molecule has 258 valence electrons. The highest BCUT2D eigenvalue weighted by atomic mass is 32.1. The number of fused-ring (bicyclic) bond motifs is 3. The zero-order valence-corrected chi connectivity index (χ0v) is 30.4. The first-order valence-corrected chi connectivity index (χ1v) is 19.0. The van der Waals surface area contributed by atoms with E-state index in [1.807, 2.05) is 84.9 Å². The zero-order valence-electron chi connectivity index (χ0n) is 29.5. The van der Waals surface area contributed by atoms with Gasteiger partial charge in [-0.3, -0.25) is 0 Å². The Labute approximate surface area is 322 Å². The molecule has 0 fully saturated rings. The second-order valence-corrected chi connectivity index (χ2v) is 14.4. The van der Waals surface area contributed by atoms with E-state index in [0.29, 0.717) is 23.3 Å². The molecule has 55 heavy (non-hydrogen) atoms. The first-order valence-electron chi connectivity index (χ1n) is 18.2. The lowest BCUT2D eigenvalue weighted by atomic mass is 9.99. The molecule has 0 saturated carbocycles. The van der Waals surface area contributed by atoms with Gasteiger partial charge in [-0.25, -0.2) is 24.9 Å². The van der Waals surface area contributed by atoms with Crippen LogP contribution in [0.3, 0.4) is 0 Å². The summed E-state index contributed by atoms with van der Waals surface area (Å²) in [7, 11) is 0. The summed E-state index contributed by atoms with van der Waals surface area (Å²) in [4.78, 5) is 25.9. The van der Waals surface area contributed by atoms with Gasteiger partial charge in [0.1, 0.15) is 0 Å². The number of hydrogen-bond donors (Lipinski definition) is 0. The summed E-state index contributed by atoms with van der Waals surface area (Å²) in [5.41, 5.74) is 9.66. The molecule has 3 heterocycles. The zero-order chi connectivity index (χ0) is 36.6. The van der Waals surface area contributed by atoms with Gasteiger partial charge in [0, 0.05) is 53.6 Å². The summed E-state index contributed by atoms with van der Waals surface area (Å²) in [5.74, 6) is 2.46. The molecule has 0 saturated heterocycles. The van der Waals surface area contributed by atoms with Crippen molar-refractivity contribution in [3.8, 4) is 79.2 Å². The highest BCUT2D eigenvalue weighted by Gasteiger charge is 2.20. The number of rotatable bonds is 7. The van der Waals surface area contributed by atoms with Crippen LogP contribution >= 0.6 is 11.3 Å². The van der Waals surface area contributed by atoms with E-state index in [1.54, 1.807) is 11.3 Å². The molecular formula is C49H31N5S. The third-order valence-corrected chi connectivity index (χ3v) is 10.9. The molecule has 0 atom stereocenters. The molecule has 0 radical (unpaired) electrons. The Morgan fingerprint density at radius 1 is 0.291 bits per heavy atom. The highest BCUT2D eigenvalue weighted by Crippen LogP contribution is 2.43. The normalized spacial score (nSPS) is 11.3. The number of aromatic nitrogens is 5. The third kappa shape index (κ3) is 6.35. The lowest BCUT2D eigenvalue weighted by Crippen LogP contribution is -2.01. The first-order chi connectivity index (χ1) is 27.2. The predicted molar refractivity (Wildman–Crippen MR) is 226 cm³/mol. The Morgan fingerprint density at radius 2 is 0.782 bits per heavy atom. The maximum atomic E-state index is 5.30. The largest absolute Gasteiger partial charge is 0.228 e. The lowest BCUT2D eigenvalue weighted by molar-refractivity contribution is 1.08. The standard InChI is InChI=1S/C49H31N5S/c1-5-16-32(17-6-1)36-24-15-25-37(28-36)42-31-41(33-18-7-2-8-19-33)50-48(51-42)38-29-40(45-39-26-13-14-27-43(39)55-44(45)30-38)49-53-46(34-20-9-3-10-21-34)52-47(54-49)35-22-11-4-12-23-35/h1-31H. The van der Waals surface area contributed by atoms with E-state index in [-0.39, 0.29) is 0 Å². The van der Waals surface area contributed by atoms with Crippen molar-refractivity contribution < 1.29 is 0 Å². The lowest BCUT2D eigenvalue weighted by Gasteiger charge is -2.13. The van der Waals surface area contributed by atoms with E-state index in [9.17, 15) is 0 Å². The molecule has 0 aliphatic heterocycles. The van der Waals surface area contributed by atoms with Crippen LogP contribution in [0.4, 0.5) is 0 Å². The Kier molecular flexibility index (Phi) is 8.28. The fraction of sp³-hybridized carbons (Fsp3) is 0. The van der Waals surface area contributed by atoms with Crippen molar-refractivity contribution in [3.63, 3.8) is 0 Å². The van der Waals surface area contributed by atoms with Crippen LogP contribution < -0.4 is 0 Å². The molecule has 0 amide bonds. The van der Waals surface area contributed by atoms with Crippen LogP contribution in [0.5, 0.6) is 0 Å². The molecule has 0 N–H and O–H groups in total. The van der Waals surface area contributed by atoms with Crippen molar-refractivity contribution in [2.45, 2.75) is 0 Å². The van der Waals surface area contributed by atoms with Crippen molar-refractivity contribution >= 4 is 31.5 Å². The van der Waals surface area contributed by atoms with E-state index in [1.165, 1.54) is 4.70 Å². The average molecular weight is 722 g/mol. The highest BCUT2D eigenvalue weighted by molar-refractivity contribution is 7.26. The van der Waals surface area contributed by atoms with Crippen molar-refractivity contribution in [1.82, 2.24) is 24.9 Å². The second-order valence-electron chi connectivity index (χ2n) is 13.3. The molecule has 0 spiro atoms. The van der Waals surface area contributed by atoms with Gasteiger partial charge in [-0.2, -0.15) is 0 Å². The van der Waals surface area contributed by atoms with Crippen LogP contribution in [-0.4, -0.2) is 24.9 Å². The predicted octanol–water partition coefficient (Wildman–Crippen LogP) is 12.7. The van der Waals surface area contributed by atoms with E-state index < -0.39 is 0 Å². The van der Waals surface area contributed by atoms with E-state index in [4.69, 9.17) is 24.9 Å². The summed E-state index contributed by atoms with van der Waals surface area (Å²) < 4.78 is 2.30. The van der Waals surface area contributed by atoms with Crippen LogP contribution in [0, 0.1) is 0 Å². The van der Waals surface area contributed by atoms with Gasteiger partial charge >= 0.3 is 0 Å². The van der Waals surface area contributed by atoms with E-state index in [2.05, 4.69) is 103 Å².